The van der Waals surface area contributed by atoms with E-state index in [1.165, 1.54) is 45.2 Å². The smallest absolute Gasteiger partial charge is 0.319 e. The van der Waals surface area contributed by atoms with Gasteiger partial charge in [-0.05, 0) is 57.3 Å². The lowest BCUT2D eigenvalue weighted by atomic mass is 9.81. The standard InChI is InChI=1S/C18H28N4O/c1-15-11-16(13-19-12-15)20-17(23)21-18(7-3-2-4-8-18)14-22-9-5-6-10-22/h11-13H,2-10,14H2,1H3,(H2,20,21,23). The van der Waals surface area contributed by atoms with E-state index in [9.17, 15) is 4.79 Å². The van der Waals surface area contributed by atoms with E-state index < -0.39 is 0 Å². The molecule has 2 amide bonds. The number of nitrogens with one attached hydrogen (secondary N) is 2. The molecule has 0 radical (unpaired) electrons. The molecular formula is C18H28N4O. The maximum absolute atomic E-state index is 12.5. The van der Waals surface area contributed by atoms with Crippen LogP contribution in [0.5, 0.6) is 0 Å². The Labute approximate surface area is 138 Å². The first-order chi connectivity index (χ1) is 11.2. The van der Waals surface area contributed by atoms with Gasteiger partial charge >= 0.3 is 6.03 Å². The molecule has 1 aliphatic carbocycles. The molecule has 2 fully saturated rings. The number of hydrogen-bond acceptors (Lipinski definition) is 3. The zero-order valence-electron chi connectivity index (χ0n) is 14.1. The van der Waals surface area contributed by atoms with Crippen molar-refractivity contribution in [3.63, 3.8) is 0 Å². The Balaban J connectivity index is 1.63. The molecule has 2 heterocycles. The van der Waals surface area contributed by atoms with Gasteiger partial charge in [-0.2, -0.15) is 0 Å². The van der Waals surface area contributed by atoms with Crippen LogP contribution in [0.4, 0.5) is 10.5 Å². The van der Waals surface area contributed by atoms with Crippen LogP contribution in [0.1, 0.15) is 50.5 Å². The van der Waals surface area contributed by atoms with Gasteiger partial charge in [0, 0.05) is 12.7 Å². The average molecular weight is 316 g/mol. The van der Waals surface area contributed by atoms with Crippen molar-refractivity contribution >= 4 is 11.7 Å². The van der Waals surface area contributed by atoms with E-state index >= 15 is 0 Å². The molecule has 0 spiro atoms. The summed E-state index contributed by atoms with van der Waals surface area (Å²) in [7, 11) is 0. The molecule has 0 unspecified atom stereocenters. The van der Waals surface area contributed by atoms with E-state index in [0.717, 1.165) is 30.6 Å². The fourth-order valence-electron chi connectivity index (χ4n) is 3.95. The molecule has 0 aromatic carbocycles. The number of hydrogen-bond donors (Lipinski definition) is 2. The van der Waals surface area contributed by atoms with Gasteiger partial charge in [0.2, 0.25) is 0 Å². The number of pyridine rings is 1. The predicted octanol–water partition coefficient (Wildman–Crippen LogP) is 3.31. The number of anilines is 1. The molecule has 1 aromatic rings. The third kappa shape index (κ3) is 4.44. The molecule has 23 heavy (non-hydrogen) atoms. The SMILES string of the molecule is Cc1cncc(NC(=O)NC2(CN3CCCC3)CCCCC2)c1. The minimum atomic E-state index is -0.0986. The Morgan fingerprint density at radius 1 is 1.17 bits per heavy atom. The predicted molar refractivity (Wildman–Crippen MR) is 92.6 cm³/mol. The van der Waals surface area contributed by atoms with E-state index in [4.69, 9.17) is 0 Å². The van der Waals surface area contributed by atoms with Crippen molar-refractivity contribution in [2.24, 2.45) is 0 Å². The molecule has 126 valence electrons. The van der Waals surface area contributed by atoms with Crippen molar-refractivity contribution in [1.82, 2.24) is 15.2 Å². The van der Waals surface area contributed by atoms with Gasteiger partial charge in [-0.1, -0.05) is 19.3 Å². The van der Waals surface area contributed by atoms with Gasteiger partial charge in [0.25, 0.3) is 0 Å². The Morgan fingerprint density at radius 3 is 2.61 bits per heavy atom. The second-order valence-electron chi connectivity index (χ2n) is 7.15. The van der Waals surface area contributed by atoms with E-state index in [1.54, 1.807) is 12.4 Å². The summed E-state index contributed by atoms with van der Waals surface area (Å²) >= 11 is 0. The molecule has 3 rings (SSSR count). The first-order valence-corrected chi connectivity index (χ1v) is 8.88. The van der Waals surface area contributed by atoms with Gasteiger partial charge in [-0.3, -0.25) is 4.98 Å². The summed E-state index contributed by atoms with van der Waals surface area (Å²) < 4.78 is 0. The highest BCUT2D eigenvalue weighted by molar-refractivity contribution is 5.89. The topological polar surface area (TPSA) is 57.3 Å². The zero-order valence-corrected chi connectivity index (χ0v) is 14.1. The number of carbonyl (C=O) groups excluding carboxylic acids is 1. The fraction of sp³-hybridized carbons (Fsp3) is 0.667. The van der Waals surface area contributed by atoms with E-state index in [-0.39, 0.29) is 11.6 Å². The van der Waals surface area contributed by atoms with E-state index in [1.807, 2.05) is 13.0 Å². The van der Waals surface area contributed by atoms with Crippen LogP contribution >= 0.6 is 0 Å². The van der Waals surface area contributed by atoms with Crippen LogP contribution in [-0.4, -0.2) is 41.1 Å². The summed E-state index contributed by atoms with van der Waals surface area (Å²) in [4.78, 5) is 19.2. The first kappa shape index (κ1) is 16.2. The van der Waals surface area contributed by atoms with Gasteiger partial charge in [-0.25, -0.2) is 4.79 Å². The van der Waals surface area contributed by atoms with Crippen molar-refractivity contribution < 1.29 is 4.79 Å². The molecular weight excluding hydrogens is 288 g/mol. The van der Waals surface area contributed by atoms with Crippen LogP contribution < -0.4 is 10.6 Å². The maximum Gasteiger partial charge on any atom is 0.319 e. The highest BCUT2D eigenvalue weighted by Crippen LogP contribution is 2.30. The normalized spacial score (nSPS) is 21.1. The largest absolute Gasteiger partial charge is 0.331 e. The number of rotatable bonds is 4. The number of amides is 2. The van der Waals surface area contributed by atoms with Crippen LogP contribution in [-0.2, 0) is 0 Å². The van der Waals surface area contributed by atoms with Crippen LogP contribution in [0.3, 0.4) is 0 Å². The van der Waals surface area contributed by atoms with Crippen molar-refractivity contribution in [3.8, 4) is 0 Å². The summed E-state index contributed by atoms with van der Waals surface area (Å²) in [6, 6.07) is 1.85. The number of carbonyl (C=O) groups is 1. The molecule has 1 aliphatic heterocycles. The number of likely N-dealkylation sites (tertiary alicyclic amines) is 1. The lowest BCUT2D eigenvalue weighted by Gasteiger charge is -2.40. The Bertz CT molecular complexity index is 534. The Hall–Kier alpha value is -1.62. The third-order valence-electron chi connectivity index (χ3n) is 5.05. The van der Waals surface area contributed by atoms with Crippen molar-refractivity contribution in [3.05, 3.63) is 24.0 Å². The molecule has 0 bridgehead atoms. The lowest BCUT2D eigenvalue weighted by molar-refractivity contribution is 0.161. The second kappa shape index (κ2) is 7.30. The van der Waals surface area contributed by atoms with Crippen LogP contribution in [0.25, 0.3) is 0 Å². The minimum absolute atomic E-state index is 0.0655. The summed E-state index contributed by atoms with van der Waals surface area (Å²) in [6.07, 6.45) is 11.9. The number of aryl methyl sites for hydroxylation is 1. The number of nitrogens with zero attached hydrogens (tertiary/aromatic N) is 2. The summed E-state index contributed by atoms with van der Waals surface area (Å²) in [5.41, 5.74) is 1.74. The third-order valence-corrected chi connectivity index (χ3v) is 5.05. The van der Waals surface area contributed by atoms with Gasteiger partial charge < -0.3 is 15.5 Å². The molecule has 5 heteroatoms. The molecule has 1 saturated heterocycles. The first-order valence-electron chi connectivity index (χ1n) is 8.88. The van der Waals surface area contributed by atoms with Gasteiger partial charge in [-0.15, -0.1) is 0 Å². The Morgan fingerprint density at radius 2 is 1.91 bits per heavy atom. The summed E-state index contributed by atoms with van der Waals surface area (Å²) in [5, 5.41) is 6.26. The van der Waals surface area contributed by atoms with Crippen molar-refractivity contribution in [1.29, 1.82) is 0 Å². The molecule has 1 saturated carbocycles. The Kier molecular flexibility index (Phi) is 5.16. The zero-order chi connectivity index (χ0) is 16.1. The minimum Gasteiger partial charge on any atom is -0.331 e. The summed E-state index contributed by atoms with van der Waals surface area (Å²) in [5.74, 6) is 0. The number of aromatic nitrogens is 1. The molecule has 2 N–H and O–H groups in total. The number of urea groups is 1. The van der Waals surface area contributed by atoms with Gasteiger partial charge in [0.05, 0.1) is 17.4 Å². The maximum atomic E-state index is 12.5. The van der Waals surface area contributed by atoms with Crippen LogP contribution in [0, 0.1) is 6.92 Å². The highest BCUT2D eigenvalue weighted by Gasteiger charge is 2.36. The highest BCUT2D eigenvalue weighted by atomic mass is 16.2. The molecule has 0 atom stereocenters. The van der Waals surface area contributed by atoms with Crippen molar-refractivity contribution in [2.45, 2.75) is 57.4 Å². The van der Waals surface area contributed by atoms with Crippen LogP contribution in [0.2, 0.25) is 0 Å². The van der Waals surface area contributed by atoms with E-state index in [0.29, 0.717) is 0 Å². The molecule has 2 aliphatic rings. The van der Waals surface area contributed by atoms with Crippen molar-refractivity contribution in [2.75, 3.05) is 25.0 Å². The fourth-order valence-corrected chi connectivity index (χ4v) is 3.95. The van der Waals surface area contributed by atoms with Gasteiger partial charge in [0.1, 0.15) is 0 Å². The molecule has 1 aromatic heterocycles. The lowest BCUT2D eigenvalue weighted by Crippen LogP contribution is -2.57. The second-order valence-corrected chi connectivity index (χ2v) is 7.15. The van der Waals surface area contributed by atoms with Gasteiger partial charge in [0.15, 0.2) is 0 Å². The quantitative estimate of drug-likeness (QED) is 0.896. The van der Waals surface area contributed by atoms with E-state index in [2.05, 4.69) is 20.5 Å². The summed E-state index contributed by atoms with van der Waals surface area (Å²) in [6.45, 7) is 5.32. The molecule has 5 nitrogen and oxygen atoms in total. The average Bonchev–Trinajstić information content (AvgIpc) is 3.00. The van der Waals surface area contributed by atoms with Crippen LogP contribution in [0.15, 0.2) is 18.5 Å². The monoisotopic (exact) mass is 316 g/mol.